The molecule has 3 heterocycles. The highest BCUT2D eigenvalue weighted by Crippen LogP contribution is 2.22. The van der Waals surface area contributed by atoms with Crippen LogP contribution in [0.1, 0.15) is 21.9 Å². The summed E-state index contributed by atoms with van der Waals surface area (Å²) in [6.45, 7) is 0.183. The Labute approximate surface area is 128 Å². The molecule has 0 saturated carbocycles. The van der Waals surface area contributed by atoms with Crippen molar-refractivity contribution >= 4 is 27.8 Å². The quantitative estimate of drug-likeness (QED) is 0.848. The van der Waals surface area contributed by atoms with Gasteiger partial charge < -0.3 is 15.0 Å². The number of carbonyl (C=O) groups excluding carboxylic acids is 1. The molecule has 0 aromatic carbocycles. The molecule has 21 heavy (non-hydrogen) atoms. The van der Waals surface area contributed by atoms with Crippen molar-refractivity contribution in [3.05, 3.63) is 46.2 Å². The largest absolute Gasteiger partial charge is 0.480 e. The van der Waals surface area contributed by atoms with Crippen LogP contribution in [0.5, 0.6) is 0 Å². The van der Waals surface area contributed by atoms with Crippen molar-refractivity contribution in [1.82, 2.24) is 19.9 Å². The fourth-order valence-electron chi connectivity index (χ4n) is 2.32. The fourth-order valence-corrected chi connectivity index (χ4v) is 2.55. The van der Waals surface area contributed by atoms with Crippen LogP contribution in [-0.4, -0.2) is 42.9 Å². The number of carboxylic acids is 1. The highest BCUT2D eigenvalue weighted by Gasteiger charge is 2.36. The molecule has 0 saturated heterocycles. The molecule has 1 unspecified atom stereocenters. The number of imidazole rings is 1. The van der Waals surface area contributed by atoms with Gasteiger partial charge in [-0.05, 0) is 28.1 Å². The highest BCUT2D eigenvalue weighted by atomic mass is 79.9. The number of carboxylic acid groups (broad SMARTS) is 1. The number of aromatic nitrogens is 3. The van der Waals surface area contributed by atoms with Gasteiger partial charge in [0, 0.05) is 17.1 Å². The number of aromatic amines is 1. The Morgan fingerprint density at radius 2 is 2.19 bits per heavy atom. The van der Waals surface area contributed by atoms with E-state index in [2.05, 4.69) is 30.9 Å². The van der Waals surface area contributed by atoms with Gasteiger partial charge in [-0.3, -0.25) is 4.79 Å². The first-order valence-corrected chi connectivity index (χ1v) is 7.02. The second-order valence-corrected chi connectivity index (χ2v) is 5.60. The molecule has 1 amide bonds. The molecule has 1 atom stereocenters. The number of amides is 1. The Bertz CT molecular complexity index is 698. The number of carbonyl (C=O) groups is 2. The zero-order valence-electron chi connectivity index (χ0n) is 10.8. The minimum Gasteiger partial charge on any atom is -0.480 e. The van der Waals surface area contributed by atoms with Crippen molar-refractivity contribution in [2.24, 2.45) is 0 Å². The first-order chi connectivity index (χ1) is 10.1. The van der Waals surface area contributed by atoms with E-state index < -0.39 is 17.9 Å². The molecule has 2 aromatic rings. The summed E-state index contributed by atoms with van der Waals surface area (Å²) in [7, 11) is 0. The van der Waals surface area contributed by atoms with Gasteiger partial charge in [0.1, 0.15) is 11.7 Å². The third kappa shape index (κ3) is 2.54. The van der Waals surface area contributed by atoms with Gasteiger partial charge in [-0.2, -0.15) is 0 Å². The van der Waals surface area contributed by atoms with Gasteiger partial charge in [-0.15, -0.1) is 0 Å². The SMILES string of the molecule is O=C(O)C1Cc2nc[nH]c2CN1C(=O)c1ccc(Br)cn1. The maximum atomic E-state index is 12.5. The summed E-state index contributed by atoms with van der Waals surface area (Å²) in [5.41, 5.74) is 1.67. The normalized spacial score (nSPS) is 17.4. The van der Waals surface area contributed by atoms with Gasteiger partial charge in [0.25, 0.3) is 5.91 Å². The van der Waals surface area contributed by atoms with E-state index >= 15 is 0 Å². The van der Waals surface area contributed by atoms with E-state index in [-0.39, 0.29) is 18.7 Å². The number of nitrogens with zero attached hydrogens (tertiary/aromatic N) is 3. The molecule has 2 N–H and O–H groups in total. The molecule has 0 fully saturated rings. The van der Waals surface area contributed by atoms with E-state index in [0.29, 0.717) is 5.69 Å². The van der Waals surface area contributed by atoms with Gasteiger partial charge in [-0.1, -0.05) is 0 Å². The lowest BCUT2D eigenvalue weighted by atomic mass is 10.0. The van der Waals surface area contributed by atoms with Crippen LogP contribution in [-0.2, 0) is 17.8 Å². The predicted octanol–water partition coefficient (Wildman–Crippen LogP) is 1.22. The predicted molar refractivity (Wildman–Crippen MR) is 75.5 cm³/mol. The lowest BCUT2D eigenvalue weighted by molar-refractivity contribution is -0.142. The van der Waals surface area contributed by atoms with Crippen LogP contribution in [0.4, 0.5) is 0 Å². The maximum absolute atomic E-state index is 12.5. The second-order valence-electron chi connectivity index (χ2n) is 4.68. The van der Waals surface area contributed by atoms with E-state index in [4.69, 9.17) is 0 Å². The number of hydrogen-bond acceptors (Lipinski definition) is 4. The molecule has 1 aliphatic heterocycles. The molecule has 8 heteroatoms. The molecule has 2 aromatic heterocycles. The van der Waals surface area contributed by atoms with Gasteiger partial charge >= 0.3 is 5.97 Å². The summed E-state index contributed by atoms with van der Waals surface area (Å²) in [6, 6.07) is 2.33. The average Bonchev–Trinajstić information content (AvgIpc) is 2.93. The summed E-state index contributed by atoms with van der Waals surface area (Å²) in [5.74, 6) is -1.45. The summed E-state index contributed by atoms with van der Waals surface area (Å²) < 4.78 is 0.753. The van der Waals surface area contributed by atoms with Crippen LogP contribution in [0, 0.1) is 0 Å². The number of halogens is 1. The first kappa shape index (κ1) is 13.7. The van der Waals surface area contributed by atoms with Crippen LogP contribution in [0.2, 0.25) is 0 Å². The van der Waals surface area contributed by atoms with E-state index in [1.165, 1.54) is 17.4 Å². The summed E-state index contributed by atoms with van der Waals surface area (Å²) in [4.78, 5) is 36.3. The topological polar surface area (TPSA) is 99.2 Å². The van der Waals surface area contributed by atoms with Crippen LogP contribution >= 0.6 is 15.9 Å². The van der Waals surface area contributed by atoms with E-state index in [9.17, 15) is 14.7 Å². The molecule has 3 rings (SSSR count). The van der Waals surface area contributed by atoms with Gasteiger partial charge in [0.2, 0.25) is 0 Å². The lowest BCUT2D eigenvalue weighted by Crippen LogP contribution is -2.48. The van der Waals surface area contributed by atoms with E-state index in [1.54, 1.807) is 12.1 Å². The molecule has 0 aliphatic carbocycles. The van der Waals surface area contributed by atoms with E-state index in [1.807, 2.05) is 0 Å². The second kappa shape index (κ2) is 5.28. The number of fused-ring (bicyclic) bond motifs is 1. The van der Waals surface area contributed by atoms with Crippen molar-refractivity contribution in [3.8, 4) is 0 Å². The van der Waals surface area contributed by atoms with Gasteiger partial charge in [0.05, 0.1) is 24.3 Å². The minimum atomic E-state index is -1.05. The Balaban J connectivity index is 1.93. The zero-order chi connectivity index (χ0) is 15.0. The van der Waals surface area contributed by atoms with Crippen molar-refractivity contribution in [2.45, 2.75) is 19.0 Å². The molecule has 0 spiro atoms. The smallest absolute Gasteiger partial charge is 0.326 e. The number of pyridine rings is 1. The Morgan fingerprint density at radius 3 is 2.86 bits per heavy atom. The number of rotatable bonds is 2. The lowest BCUT2D eigenvalue weighted by Gasteiger charge is -2.32. The molecule has 108 valence electrons. The number of H-pyrrole nitrogens is 1. The summed E-state index contributed by atoms with van der Waals surface area (Å²) >= 11 is 3.25. The minimum absolute atomic E-state index is 0.183. The molecule has 1 aliphatic rings. The zero-order valence-corrected chi connectivity index (χ0v) is 12.4. The van der Waals surface area contributed by atoms with Crippen LogP contribution in [0.3, 0.4) is 0 Å². The molecule has 0 radical (unpaired) electrons. The summed E-state index contributed by atoms with van der Waals surface area (Å²) in [6.07, 6.45) is 3.21. The van der Waals surface area contributed by atoms with Crippen LogP contribution < -0.4 is 0 Å². The molecule has 7 nitrogen and oxygen atoms in total. The molecule has 0 bridgehead atoms. The van der Waals surface area contributed by atoms with Crippen LogP contribution in [0.25, 0.3) is 0 Å². The van der Waals surface area contributed by atoms with Gasteiger partial charge in [-0.25, -0.2) is 14.8 Å². The standard InChI is InChI=1S/C13H11BrN4O3/c14-7-1-2-8(15-4-7)12(19)18-5-10-9(16-6-17-10)3-11(18)13(20)21/h1-2,4,6,11H,3,5H2,(H,16,17)(H,20,21). The Kier molecular flexibility index (Phi) is 3.46. The van der Waals surface area contributed by atoms with Gasteiger partial charge in [0.15, 0.2) is 0 Å². The van der Waals surface area contributed by atoms with Crippen molar-refractivity contribution in [2.75, 3.05) is 0 Å². The summed E-state index contributed by atoms with van der Waals surface area (Å²) in [5, 5.41) is 9.35. The van der Waals surface area contributed by atoms with Crippen molar-refractivity contribution < 1.29 is 14.7 Å². The molecular formula is C13H11BrN4O3. The number of nitrogens with one attached hydrogen (secondary N) is 1. The third-order valence-electron chi connectivity index (χ3n) is 3.39. The van der Waals surface area contributed by atoms with E-state index in [0.717, 1.165) is 10.2 Å². The highest BCUT2D eigenvalue weighted by molar-refractivity contribution is 9.10. The first-order valence-electron chi connectivity index (χ1n) is 6.22. The fraction of sp³-hybridized carbons (Fsp3) is 0.231. The monoisotopic (exact) mass is 350 g/mol. The Morgan fingerprint density at radius 1 is 1.38 bits per heavy atom. The third-order valence-corrected chi connectivity index (χ3v) is 3.86. The Hall–Kier alpha value is -2.22. The average molecular weight is 351 g/mol. The van der Waals surface area contributed by atoms with Crippen LogP contribution in [0.15, 0.2) is 29.1 Å². The maximum Gasteiger partial charge on any atom is 0.326 e. The number of aliphatic carboxylic acids is 1. The van der Waals surface area contributed by atoms with Crippen molar-refractivity contribution in [3.63, 3.8) is 0 Å². The molecular weight excluding hydrogens is 340 g/mol. The van der Waals surface area contributed by atoms with Crippen molar-refractivity contribution in [1.29, 1.82) is 0 Å². The number of hydrogen-bond donors (Lipinski definition) is 2.